The number of hydrogen-bond donors (Lipinski definition) is 1. The van der Waals surface area contributed by atoms with E-state index >= 15 is 0 Å². The molecule has 0 amide bonds. The second-order valence-corrected chi connectivity index (χ2v) is 5.30. The van der Waals surface area contributed by atoms with Gasteiger partial charge in [-0.1, -0.05) is 39.3 Å². The van der Waals surface area contributed by atoms with Crippen LogP contribution in [0.25, 0.3) is 0 Å². The summed E-state index contributed by atoms with van der Waals surface area (Å²) in [6, 6.07) is 0. The van der Waals surface area contributed by atoms with E-state index in [2.05, 4.69) is 39.8 Å². The normalized spacial score (nSPS) is 38.9. The highest BCUT2D eigenvalue weighted by Crippen LogP contribution is 2.63. The molecule has 0 aromatic heterocycles. The second-order valence-electron chi connectivity index (χ2n) is 4.75. The molecule has 0 radical (unpaired) electrons. The zero-order chi connectivity index (χ0) is 10.8. The molecule has 0 aliphatic heterocycles. The SMILES string of the molecule is C/C=C\C(CC)C1(C)C(S)C1CCC. The molecule has 14 heavy (non-hydrogen) atoms. The number of rotatable bonds is 5. The molecule has 4 unspecified atom stereocenters. The van der Waals surface area contributed by atoms with Crippen LogP contribution in [0.3, 0.4) is 0 Å². The quantitative estimate of drug-likeness (QED) is 0.509. The lowest BCUT2D eigenvalue weighted by molar-refractivity contribution is 0.351. The van der Waals surface area contributed by atoms with Crippen LogP contribution in [0.1, 0.15) is 47.0 Å². The van der Waals surface area contributed by atoms with Gasteiger partial charge in [0.25, 0.3) is 0 Å². The average molecular weight is 212 g/mol. The average Bonchev–Trinajstić information content (AvgIpc) is 2.69. The van der Waals surface area contributed by atoms with Crippen LogP contribution in [0.5, 0.6) is 0 Å². The molecule has 0 heterocycles. The second kappa shape index (κ2) is 4.74. The molecule has 1 fully saturated rings. The molecule has 0 nitrogen and oxygen atoms in total. The Labute approximate surface area is 94.6 Å². The number of thiol groups is 1. The van der Waals surface area contributed by atoms with Gasteiger partial charge in [-0.25, -0.2) is 0 Å². The molecule has 4 atom stereocenters. The number of allylic oxidation sites excluding steroid dienone is 2. The van der Waals surface area contributed by atoms with Crippen molar-refractivity contribution >= 4 is 12.6 Å². The highest BCUT2D eigenvalue weighted by Gasteiger charge is 2.60. The zero-order valence-electron chi connectivity index (χ0n) is 9.96. The van der Waals surface area contributed by atoms with Gasteiger partial charge in [0.15, 0.2) is 0 Å². The van der Waals surface area contributed by atoms with Crippen molar-refractivity contribution < 1.29 is 0 Å². The van der Waals surface area contributed by atoms with Crippen LogP contribution in [0.4, 0.5) is 0 Å². The van der Waals surface area contributed by atoms with Crippen LogP contribution in [-0.4, -0.2) is 5.25 Å². The van der Waals surface area contributed by atoms with Gasteiger partial charge < -0.3 is 0 Å². The predicted octanol–water partition coefficient (Wildman–Crippen LogP) is 4.32. The van der Waals surface area contributed by atoms with Crippen molar-refractivity contribution in [2.24, 2.45) is 17.3 Å². The summed E-state index contributed by atoms with van der Waals surface area (Å²) in [7, 11) is 0. The molecule has 1 aliphatic rings. The lowest BCUT2D eigenvalue weighted by atomic mass is 9.85. The standard InChI is InChI=1S/C13H24S/c1-5-8-10(7-3)13(4)11(9-6-2)12(13)14/h5,8,10-12,14H,6-7,9H2,1-4H3/b8-5-. The van der Waals surface area contributed by atoms with Gasteiger partial charge in [0.1, 0.15) is 0 Å². The highest BCUT2D eigenvalue weighted by molar-refractivity contribution is 7.81. The Morgan fingerprint density at radius 3 is 2.50 bits per heavy atom. The molecule has 1 saturated carbocycles. The van der Waals surface area contributed by atoms with Crippen LogP contribution < -0.4 is 0 Å². The van der Waals surface area contributed by atoms with Crippen LogP contribution in [0.2, 0.25) is 0 Å². The molecule has 1 aliphatic carbocycles. The maximum Gasteiger partial charge on any atom is 0.0113 e. The summed E-state index contributed by atoms with van der Waals surface area (Å²) in [5.41, 5.74) is 0.473. The van der Waals surface area contributed by atoms with Crippen molar-refractivity contribution in [2.45, 2.75) is 52.2 Å². The third-order valence-electron chi connectivity index (χ3n) is 3.97. The fourth-order valence-electron chi connectivity index (χ4n) is 2.89. The van der Waals surface area contributed by atoms with Crippen molar-refractivity contribution in [3.05, 3.63) is 12.2 Å². The van der Waals surface area contributed by atoms with Gasteiger partial charge >= 0.3 is 0 Å². The molecule has 0 aromatic rings. The Hall–Kier alpha value is 0.0900. The van der Waals surface area contributed by atoms with Crippen molar-refractivity contribution in [1.82, 2.24) is 0 Å². The first-order valence-electron chi connectivity index (χ1n) is 5.93. The van der Waals surface area contributed by atoms with E-state index in [9.17, 15) is 0 Å². The summed E-state index contributed by atoms with van der Waals surface area (Å²) >= 11 is 4.74. The Morgan fingerprint density at radius 1 is 1.43 bits per heavy atom. The minimum absolute atomic E-state index is 0.473. The van der Waals surface area contributed by atoms with Gasteiger partial charge in [-0.2, -0.15) is 12.6 Å². The molecular weight excluding hydrogens is 188 g/mol. The number of hydrogen-bond acceptors (Lipinski definition) is 1. The largest absolute Gasteiger partial charge is 0.175 e. The van der Waals surface area contributed by atoms with Gasteiger partial charge in [0.2, 0.25) is 0 Å². The Kier molecular flexibility index (Phi) is 4.12. The minimum atomic E-state index is 0.473. The molecule has 0 spiro atoms. The molecule has 0 aromatic carbocycles. The minimum Gasteiger partial charge on any atom is -0.175 e. The van der Waals surface area contributed by atoms with Crippen molar-refractivity contribution in [3.8, 4) is 0 Å². The zero-order valence-corrected chi connectivity index (χ0v) is 10.8. The van der Waals surface area contributed by atoms with Gasteiger partial charge in [-0.05, 0) is 37.0 Å². The van der Waals surface area contributed by atoms with E-state index in [0.717, 1.165) is 11.8 Å². The third kappa shape index (κ3) is 1.88. The monoisotopic (exact) mass is 212 g/mol. The first-order chi connectivity index (χ1) is 6.62. The van der Waals surface area contributed by atoms with E-state index in [0.29, 0.717) is 10.7 Å². The Morgan fingerprint density at radius 2 is 2.07 bits per heavy atom. The van der Waals surface area contributed by atoms with E-state index in [-0.39, 0.29) is 0 Å². The van der Waals surface area contributed by atoms with Crippen LogP contribution in [-0.2, 0) is 0 Å². The van der Waals surface area contributed by atoms with Gasteiger partial charge in [-0.15, -0.1) is 0 Å². The van der Waals surface area contributed by atoms with Crippen LogP contribution >= 0.6 is 12.6 Å². The van der Waals surface area contributed by atoms with Crippen molar-refractivity contribution in [1.29, 1.82) is 0 Å². The van der Waals surface area contributed by atoms with Crippen LogP contribution in [0.15, 0.2) is 12.2 Å². The van der Waals surface area contributed by atoms with E-state index in [4.69, 9.17) is 12.6 Å². The summed E-state index contributed by atoms with van der Waals surface area (Å²) in [5.74, 6) is 1.57. The molecule has 1 heteroatoms. The van der Waals surface area contributed by atoms with E-state index in [1.807, 2.05) is 0 Å². The Bertz CT molecular complexity index is 209. The van der Waals surface area contributed by atoms with Gasteiger partial charge in [0, 0.05) is 5.25 Å². The summed E-state index contributed by atoms with van der Waals surface area (Å²) in [6.45, 7) is 9.10. The van der Waals surface area contributed by atoms with Gasteiger partial charge in [0.05, 0.1) is 0 Å². The molecule has 1 rings (SSSR count). The molecule has 0 bridgehead atoms. The molecule has 82 valence electrons. The molecule has 0 saturated heterocycles. The van der Waals surface area contributed by atoms with E-state index in [1.54, 1.807) is 0 Å². The maximum absolute atomic E-state index is 4.74. The van der Waals surface area contributed by atoms with E-state index in [1.165, 1.54) is 19.3 Å². The lowest BCUT2D eigenvalue weighted by Crippen LogP contribution is -2.13. The Balaban J connectivity index is 2.66. The third-order valence-corrected chi connectivity index (χ3v) is 4.89. The highest BCUT2D eigenvalue weighted by atomic mass is 32.1. The van der Waals surface area contributed by atoms with Crippen LogP contribution in [0, 0.1) is 17.3 Å². The van der Waals surface area contributed by atoms with Gasteiger partial charge in [-0.3, -0.25) is 0 Å². The fourth-order valence-corrected chi connectivity index (χ4v) is 3.66. The summed E-state index contributed by atoms with van der Waals surface area (Å²) < 4.78 is 0. The fraction of sp³-hybridized carbons (Fsp3) is 0.846. The predicted molar refractivity (Wildman–Crippen MR) is 67.9 cm³/mol. The topological polar surface area (TPSA) is 0 Å². The van der Waals surface area contributed by atoms with E-state index < -0.39 is 0 Å². The van der Waals surface area contributed by atoms with Crippen molar-refractivity contribution in [2.75, 3.05) is 0 Å². The van der Waals surface area contributed by atoms with Crippen molar-refractivity contribution in [3.63, 3.8) is 0 Å². The molecular formula is C13H24S. The molecule has 0 N–H and O–H groups in total. The maximum atomic E-state index is 4.74. The lowest BCUT2D eigenvalue weighted by Gasteiger charge is -2.20. The first-order valence-corrected chi connectivity index (χ1v) is 6.45. The first kappa shape index (κ1) is 12.2. The smallest absolute Gasteiger partial charge is 0.0113 e. The summed E-state index contributed by atoms with van der Waals surface area (Å²) in [6.07, 6.45) is 8.46. The summed E-state index contributed by atoms with van der Waals surface area (Å²) in [5, 5.41) is 0.628. The summed E-state index contributed by atoms with van der Waals surface area (Å²) in [4.78, 5) is 0.